The van der Waals surface area contributed by atoms with Crippen LogP contribution in [-0.4, -0.2) is 38.3 Å². The number of hydrogen-bond donors (Lipinski definition) is 1. The molecule has 124 valence electrons. The number of carbonyl (C=O) groups excluding carboxylic acids is 1. The average Bonchev–Trinajstić information content (AvgIpc) is 2.52. The van der Waals surface area contributed by atoms with Crippen LogP contribution in [0, 0.1) is 18.3 Å². The molecule has 1 N–H and O–H groups in total. The van der Waals surface area contributed by atoms with Crippen molar-refractivity contribution < 1.29 is 13.2 Å². The largest absolute Gasteiger partial charge is 0.341 e. The molecule has 1 aromatic rings. The van der Waals surface area contributed by atoms with Gasteiger partial charge in [0.15, 0.2) is 0 Å². The van der Waals surface area contributed by atoms with Gasteiger partial charge in [0, 0.05) is 18.7 Å². The summed E-state index contributed by atoms with van der Waals surface area (Å²) in [5.74, 6) is 2.17. The lowest BCUT2D eigenvalue weighted by Crippen LogP contribution is -2.39. The van der Waals surface area contributed by atoms with Crippen molar-refractivity contribution in [2.75, 3.05) is 19.6 Å². The fraction of sp³-hybridized carbons (Fsp3) is 0.438. The van der Waals surface area contributed by atoms with E-state index in [2.05, 4.69) is 11.2 Å². The summed E-state index contributed by atoms with van der Waals surface area (Å²) in [7, 11) is -3.72. The van der Waals surface area contributed by atoms with Crippen molar-refractivity contribution in [2.45, 2.75) is 24.7 Å². The molecule has 23 heavy (non-hydrogen) atoms. The third-order valence-corrected chi connectivity index (χ3v) is 6.13. The average molecular weight is 355 g/mol. The first-order chi connectivity index (χ1) is 10.9. The Bertz CT molecular complexity index is 740. The third kappa shape index (κ3) is 4.05. The maximum absolute atomic E-state index is 12.8. The number of amides is 1. The molecule has 1 heterocycles. The van der Waals surface area contributed by atoms with Gasteiger partial charge in [-0.15, -0.1) is 6.42 Å². The first-order valence-corrected chi connectivity index (χ1v) is 9.19. The summed E-state index contributed by atoms with van der Waals surface area (Å²) in [5.41, 5.74) is 0.216. The lowest BCUT2D eigenvalue weighted by molar-refractivity contribution is 0.0958. The number of terminal acetylenes is 1. The van der Waals surface area contributed by atoms with Gasteiger partial charge in [-0.3, -0.25) is 4.79 Å². The van der Waals surface area contributed by atoms with E-state index in [4.69, 9.17) is 18.0 Å². The molecule has 1 aliphatic heterocycles. The van der Waals surface area contributed by atoms with Crippen molar-refractivity contribution in [2.24, 2.45) is 5.92 Å². The molecule has 5 nitrogen and oxygen atoms in total. The van der Waals surface area contributed by atoms with E-state index in [1.165, 1.54) is 22.5 Å². The van der Waals surface area contributed by atoms with Crippen molar-refractivity contribution in [3.05, 3.63) is 28.8 Å². The van der Waals surface area contributed by atoms with Crippen LogP contribution in [-0.2, 0) is 10.0 Å². The summed E-state index contributed by atoms with van der Waals surface area (Å²) in [6.07, 6.45) is 6.93. The molecular weight excluding hydrogens is 336 g/mol. The van der Waals surface area contributed by atoms with Crippen LogP contribution in [0.3, 0.4) is 0 Å². The number of benzene rings is 1. The van der Waals surface area contributed by atoms with Crippen LogP contribution in [0.1, 0.15) is 30.1 Å². The molecule has 0 aromatic heterocycles. The number of halogens is 1. The van der Waals surface area contributed by atoms with Gasteiger partial charge in [-0.25, -0.2) is 8.42 Å². The van der Waals surface area contributed by atoms with Crippen LogP contribution in [0.25, 0.3) is 0 Å². The summed E-state index contributed by atoms with van der Waals surface area (Å²) in [5, 5.41) is 2.61. The molecule has 7 heteroatoms. The smallest absolute Gasteiger partial charge is 0.252 e. The molecule has 0 bridgehead atoms. The van der Waals surface area contributed by atoms with Gasteiger partial charge in [-0.1, -0.05) is 24.4 Å². The maximum atomic E-state index is 12.8. The topological polar surface area (TPSA) is 66.5 Å². The van der Waals surface area contributed by atoms with Gasteiger partial charge >= 0.3 is 0 Å². The maximum Gasteiger partial charge on any atom is 0.252 e. The zero-order valence-corrected chi connectivity index (χ0v) is 14.5. The molecule has 0 aliphatic carbocycles. The predicted molar refractivity (Wildman–Crippen MR) is 89.8 cm³/mol. The Morgan fingerprint density at radius 3 is 2.91 bits per heavy atom. The highest BCUT2D eigenvalue weighted by molar-refractivity contribution is 7.89. The molecule has 1 unspecified atom stereocenters. The van der Waals surface area contributed by atoms with Crippen molar-refractivity contribution >= 4 is 27.5 Å². The molecular formula is C16H19ClN2O3S. The van der Waals surface area contributed by atoms with Gasteiger partial charge < -0.3 is 5.32 Å². The van der Waals surface area contributed by atoms with Crippen LogP contribution in [0.2, 0.25) is 5.02 Å². The van der Waals surface area contributed by atoms with Crippen molar-refractivity contribution in [1.29, 1.82) is 0 Å². The minimum absolute atomic E-state index is 0.0402. The summed E-state index contributed by atoms with van der Waals surface area (Å²) in [4.78, 5) is 11.9. The molecule has 0 saturated carbocycles. The minimum Gasteiger partial charge on any atom is -0.341 e. The SMILES string of the molecule is C#CCNC(=O)c1ccc(Cl)c(S(=O)(=O)N2CCCC(C)C2)c1. The highest BCUT2D eigenvalue weighted by Gasteiger charge is 2.30. The molecule has 1 aromatic carbocycles. The normalized spacial score (nSPS) is 19.1. The van der Waals surface area contributed by atoms with E-state index in [9.17, 15) is 13.2 Å². The second-order valence-electron chi connectivity index (χ2n) is 5.64. The number of hydrogen-bond acceptors (Lipinski definition) is 3. The van der Waals surface area contributed by atoms with Crippen molar-refractivity contribution in [3.8, 4) is 12.3 Å². The number of rotatable bonds is 4. The van der Waals surface area contributed by atoms with Gasteiger partial charge in [0.25, 0.3) is 5.91 Å². The summed E-state index contributed by atoms with van der Waals surface area (Å²) < 4.78 is 27.1. The molecule has 0 spiro atoms. The van der Waals surface area contributed by atoms with Gasteiger partial charge in [0.1, 0.15) is 4.90 Å². The van der Waals surface area contributed by atoms with E-state index in [-0.39, 0.29) is 22.0 Å². The summed E-state index contributed by atoms with van der Waals surface area (Å²) >= 11 is 6.08. The molecule has 1 saturated heterocycles. The Morgan fingerprint density at radius 2 is 2.26 bits per heavy atom. The Kier molecular flexibility index (Phi) is 5.69. The Morgan fingerprint density at radius 1 is 1.52 bits per heavy atom. The lowest BCUT2D eigenvalue weighted by Gasteiger charge is -2.30. The molecule has 1 aliphatic rings. The predicted octanol–water partition coefficient (Wildman–Crippen LogP) is 2.12. The lowest BCUT2D eigenvalue weighted by atomic mass is 10.0. The Hall–Kier alpha value is -1.55. The van der Waals surface area contributed by atoms with Crippen LogP contribution in [0.4, 0.5) is 0 Å². The van der Waals surface area contributed by atoms with Gasteiger partial charge in [0.05, 0.1) is 11.6 Å². The van der Waals surface area contributed by atoms with Crippen LogP contribution < -0.4 is 5.32 Å². The van der Waals surface area contributed by atoms with Crippen molar-refractivity contribution in [1.82, 2.24) is 9.62 Å². The fourth-order valence-electron chi connectivity index (χ4n) is 2.58. The quantitative estimate of drug-likeness (QED) is 0.842. The molecule has 2 rings (SSSR count). The summed E-state index contributed by atoms with van der Waals surface area (Å²) in [6, 6.07) is 4.21. The number of nitrogens with zero attached hydrogens (tertiary/aromatic N) is 1. The van der Waals surface area contributed by atoms with Gasteiger partial charge in [-0.05, 0) is 37.0 Å². The van der Waals surface area contributed by atoms with Crippen molar-refractivity contribution in [3.63, 3.8) is 0 Å². The monoisotopic (exact) mass is 354 g/mol. The van der Waals surface area contributed by atoms with Gasteiger partial charge in [0.2, 0.25) is 10.0 Å². The highest BCUT2D eigenvalue weighted by atomic mass is 35.5. The van der Waals surface area contributed by atoms with E-state index in [0.717, 1.165) is 12.8 Å². The first-order valence-electron chi connectivity index (χ1n) is 7.37. The zero-order valence-electron chi connectivity index (χ0n) is 12.9. The van der Waals surface area contributed by atoms with E-state index in [0.29, 0.717) is 19.0 Å². The molecule has 1 fully saturated rings. The number of nitrogens with one attached hydrogen (secondary N) is 1. The number of sulfonamides is 1. The minimum atomic E-state index is -3.72. The zero-order chi connectivity index (χ0) is 17.0. The summed E-state index contributed by atoms with van der Waals surface area (Å²) in [6.45, 7) is 3.03. The number of carbonyl (C=O) groups is 1. The van der Waals surface area contributed by atoms with E-state index >= 15 is 0 Å². The van der Waals surface area contributed by atoms with Crippen LogP contribution in [0.5, 0.6) is 0 Å². The van der Waals surface area contributed by atoms with Crippen LogP contribution in [0.15, 0.2) is 23.1 Å². The second kappa shape index (κ2) is 7.35. The Labute approximate surface area is 142 Å². The van der Waals surface area contributed by atoms with E-state index < -0.39 is 15.9 Å². The second-order valence-corrected chi connectivity index (χ2v) is 7.96. The van der Waals surface area contributed by atoms with Crippen LogP contribution >= 0.6 is 11.6 Å². The fourth-order valence-corrected chi connectivity index (χ4v) is 4.68. The highest BCUT2D eigenvalue weighted by Crippen LogP contribution is 2.29. The Balaban J connectivity index is 2.34. The first kappa shape index (κ1) is 17.8. The standard InChI is InChI=1S/C16H19ClN2O3S/c1-3-8-18-16(20)13-6-7-14(17)15(10-13)23(21,22)19-9-4-5-12(2)11-19/h1,6-7,10,12H,4-5,8-9,11H2,2H3,(H,18,20). The third-order valence-electron chi connectivity index (χ3n) is 3.78. The van der Waals surface area contributed by atoms with E-state index in [1.54, 1.807) is 0 Å². The molecule has 1 atom stereocenters. The number of piperidine rings is 1. The molecule has 1 amide bonds. The van der Waals surface area contributed by atoms with Gasteiger partial charge in [-0.2, -0.15) is 4.31 Å². The molecule has 0 radical (unpaired) electrons. The van der Waals surface area contributed by atoms with E-state index in [1.807, 2.05) is 6.92 Å².